The van der Waals surface area contributed by atoms with E-state index in [-0.39, 0.29) is 12.5 Å². The first-order chi connectivity index (χ1) is 8.67. The van der Waals surface area contributed by atoms with Gasteiger partial charge in [-0.05, 0) is 24.3 Å². The second kappa shape index (κ2) is 6.93. The van der Waals surface area contributed by atoms with E-state index in [1.165, 1.54) is 4.90 Å². The summed E-state index contributed by atoms with van der Waals surface area (Å²) in [6.07, 6.45) is 0.305. The SMILES string of the molecule is CN(CCC#N)C(=O)COc1ccc(C#N)cc1. The topological polar surface area (TPSA) is 77.1 Å². The molecule has 0 atom stereocenters. The smallest absolute Gasteiger partial charge is 0.260 e. The average Bonchev–Trinajstić information content (AvgIpc) is 2.42. The van der Waals surface area contributed by atoms with Gasteiger partial charge in [-0.2, -0.15) is 10.5 Å². The second-order valence-corrected chi connectivity index (χ2v) is 3.65. The van der Waals surface area contributed by atoms with Crippen LogP contribution < -0.4 is 4.74 Å². The first-order valence-electron chi connectivity index (χ1n) is 5.41. The lowest BCUT2D eigenvalue weighted by atomic mass is 10.2. The molecule has 0 spiro atoms. The van der Waals surface area contributed by atoms with E-state index in [4.69, 9.17) is 15.3 Å². The minimum absolute atomic E-state index is 0.0756. The molecule has 0 saturated heterocycles. The quantitative estimate of drug-likeness (QED) is 0.781. The summed E-state index contributed by atoms with van der Waals surface area (Å²) in [5.41, 5.74) is 0.541. The monoisotopic (exact) mass is 243 g/mol. The van der Waals surface area contributed by atoms with Gasteiger partial charge in [0.25, 0.3) is 5.91 Å². The van der Waals surface area contributed by atoms with Crippen LogP contribution in [0.25, 0.3) is 0 Å². The van der Waals surface area contributed by atoms with Crippen molar-refractivity contribution in [2.24, 2.45) is 0 Å². The lowest BCUT2D eigenvalue weighted by Crippen LogP contribution is -2.32. The van der Waals surface area contributed by atoms with Crippen molar-refractivity contribution in [3.8, 4) is 17.9 Å². The number of hydrogen-bond acceptors (Lipinski definition) is 4. The van der Waals surface area contributed by atoms with Crippen molar-refractivity contribution in [2.45, 2.75) is 6.42 Å². The molecule has 0 radical (unpaired) electrons. The summed E-state index contributed by atoms with van der Waals surface area (Å²) in [5.74, 6) is 0.352. The van der Waals surface area contributed by atoms with Crippen molar-refractivity contribution < 1.29 is 9.53 Å². The Morgan fingerprint density at radius 3 is 2.56 bits per heavy atom. The van der Waals surface area contributed by atoms with E-state index in [0.717, 1.165) is 0 Å². The number of rotatable bonds is 5. The third kappa shape index (κ3) is 4.15. The standard InChI is InChI=1S/C13H13N3O2/c1-16(8-2-7-14)13(17)10-18-12-5-3-11(9-15)4-6-12/h3-6H,2,8,10H2,1H3. The molecule has 0 unspecified atom stereocenters. The van der Waals surface area contributed by atoms with Gasteiger partial charge in [-0.1, -0.05) is 0 Å². The highest BCUT2D eigenvalue weighted by atomic mass is 16.5. The number of carbonyl (C=O) groups is 1. The van der Waals surface area contributed by atoms with Crippen LogP contribution in [0.4, 0.5) is 0 Å². The van der Waals surface area contributed by atoms with Crippen LogP contribution in [0.5, 0.6) is 5.75 Å². The Kier molecular flexibility index (Phi) is 5.21. The van der Waals surface area contributed by atoms with Gasteiger partial charge in [0.1, 0.15) is 5.75 Å². The maximum absolute atomic E-state index is 11.6. The van der Waals surface area contributed by atoms with E-state index in [1.807, 2.05) is 12.1 Å². The zero-order valence-corrected chi connectivity index (χ0v) is 10.1. The van der Waals surface area contributed by atoms with Crippen LogP contribution in [0.3, 0.4) is 0 Å². The number of benzene rings is 1. The van der Waals surface area contributed by atoms with Gasteiger partial charge in [0.15, 0.2) is 6.61 Å². The Morgan fingerprint density at radius 2 is 2.00 bits per heavy atom. The van der Waals surface area contributed by atoms with Gasteiger partial charge in [-0.25, -0.2) is 0 Å². The maximum atomic E-state index is 11.6. The molecule has 0 bridgehead atoms. The van der Waals surface area contributed by atoms with Crippen LogP contribution in [0.1, 0.15) is 12.0 Å². The lowest BCUT2D eigenvalue weighted by Gasteiger charge is -2.15. The van der Waals surface area contributed by atoms with Gasteiger partial charge < -0.3 is 9.64 Å². The summed E-state index contributed by atoms with van der Waals surface area (Å²) in [7, 11) is 1.63. The fourth-order valence-electron chi connectivity index (χ4n) is 1.22. The molecule has 5 heteroatoms. The number of amides is 1. The molecule has 0 aliphatic heterocycles. The van der Waals surface area contributed by atoms with Gasteiger partial charge in [0.05, 0.1) is 24.1 Å². The van der Waals surface area contributed by atoms with Crippen LogP contribution >= 0.6 is 0 Å². The average molecular weight is 243 g/mol. The minimum atomic E-state index is -0.186. The first kappa shape index (κ1) is 13.5. The minimum Gasteiger partial charge on any atom is -0.484 e. The number of likely N-dealkylation sites (N-methyl/N-ethyl adjacent to an activating group) is 1. The molecule has 0 saturated carbocycles. The van der Waals surface area contributed by atoms with E-state index < -0.39 is 0 Å². The molecule has 1 amide bonds. The fraction of sp³-hybridized carbons (Fsp3) is 0.308. The molecule has 92 valence electrons. The van der Waals surface area contributed by atoms with Gasteiger partial charge in [-0.3, -0.25) is 4.79 Å². The van der Waals surface area contributed by atoms with Crippen molar-refractivity contribution in [1.82, 2.24) is 4.90 Å². The van der Waals surface area contributed by atoms with Gasteiger partial charge in [0.2, 0.25) is 0 Å². The Bertz CT molecular complexity index is 482. The highest BCUT2D eigenvalue weighted by Gasteiger charge is 2.08. The molecule has 0 N–H and O–H groups in total. The van der Waals surface area contributed by atoms with E-state index in [0.29, 0.717) is 24.3 Å². The van der Waals surface area contributed by atoms with Crippen molar-refractivity contribution in [2.75, 3.05) is 20.2 Å². The summed E-state index contributed by atoms with van der Waals surface area (Å²) in [4.78, 5) is 13.0. The molecule has 0 heterocycles. The van der Waals surface area contributed by atoms with E-state index in [2.05, 4.69) is 0 Å². The van der Waals surface area contributed by atoms with Crippen LogP contribution in [0.15, 0.2) is 24.3 Å². The van der Waals surface area contributed by atoms with Crippen molar-refractivity contribution in [3.63, 3.8) is 0 Å². The van der Waals surface area contributed by atoms with Crippen LogP contribution in [0, 0.1) is 22.7 Å². The molecule has 0 aromatic heterocycles. The molecule has 18 heavy (non-hydrogen) atoms. The molecule has 1 rings (SSSR count). The summed E-state index contributed by atoms with van der Waals surface area (Å²) in [6, 6.07) is 10.5. The molecular weight excluding hydrogens is 230 g/mol. The van der Waals surface area contributed by atoms with Gasteiger partial charge in [-0.15, -0.1) is 0 Å². The summed E-state index contributed by atoms with van der Waals surface area (Å²) < 4.78 is 5.28. The number of nitriles is 2. The highest BCUT2D eigenvalue weighted by Crippen LogP contribution is 2.11. The Hall–Kier alpha value is -2.53. The zero-order chi connectivity index (χ0) is 13.4. The molecular formula is C13H13N3O2. The zero-order valence-electron chi connectivity index (χ0n) is 10.1. The Labute approximate surface area is 106 Å². The molecule has 1 aromatic carbocycles. The molecule has 0 aliphatic rings. The first-order valence-corrected chi connectivity index (χ1v) is 5.41. The fourth-order valence-corrected chi connectivity index (χ4v) is 1.22. The number of hydrogen-bond donors (Lipinski definition) is 0. The van der Waals surface area contributed by atoms with Crippen molar-refractivity contribution in [1.29, 1.82) is 10.5 Å². The maximum Gasteiger partial charge on any atom is 0.260 e. The number of ether oxygens (including phenoxy) is 1. The van der Waals surface area contributed by atoms with Crippen molar-refractivity contribution in [3.05, 3.63) is 29.8 Å². The molecule has 0 aliphatic carbocycles. The second-order valence-electron chi connectivity index (χ2n) is 3.65. The normalized spacial score (nSPS) is 9.06. The van der Waals surface area contributed by atoms with Crippen LogP contribution in [0.2, 0.25) is 0 Å². The Balaban J connectivity index is 2.42. The van der Waals surface area contributed by atoms with E-state index in [1.54, 1.807) is 31.3 Å². The van der Waals surface area contributed by atoms with Gasteiger partial charge in [0, 0.05) is 13.6 Å². The molecule has 0 fully saturated rings. The molecule has 1 aromatic rings. The Morgan fingerprint density at radius 1 is 1.33 bits per heavy atom. The summed E-state index contributed by atoms with van der Waals surface area (Å²) in [6.45, 7) is 0.319. The van der Waals surface area contributed by atoms with E-state index in [9.17, 15) is 4.79 Å². The summed E-state index contributed by atoms with van der Waals surface area (Å²) in [5, 5.41) is 17.0. The third-order valence-corrected chi connectivity index (χ3v) is 2.33. The summed E-state index contributed by atoms with van der Waals surface area (Å²) >= 11 is 0. The predicted octanol–water partition coefficient (Wildman–Crippen LogP) is 1.31. The van der Waals surface area contributed by atoms with Crippen LogP contribution in [-0.2, 0) is 4.79 Å². The van der Waals surface area contributed by atoms with Crippen LogP contribution in [-0.4, -0.2) is 31.0 Å². The molecule has 5 nitrogen and oxygen atoms in total. The predicted molar refractivity (Wildman–Crippen MR) is 64.5 cm³/mol. The van der Waals surface area contributed by atoms with Gasteiger partial charge >= 0.3 is 0 Å². The van der Waals surface area contributed by atoms with E-state index >= 15 is 0 Å². The third-order valence-electron chi connectivity index (χ3n) is 2.33. The highest BCUT2D eigenvalue weighted by molar-refractivity contribution is 5.77. The van der Waals surface area contributed by atoms with Crippen molar-refractivity contribution >= 4 is 5.91 Å². The number of nitrogens with zero attached hydrogens (tertiary/aromatic N) is 3. The largest absolute Gasteiger partial charge is 0.484 e. The number of carbonyl (C=O) groups excluding carboxylic acids is 1. The lowest BCUT2D eigenvalue weighted by molar-refractivity contribution is -0.131.